The summed E-state index contributed by atoms with van der Waals surface area (Å²) < 4.78 is 5.92. The number of hydrogen-bond acceptors (Lipinski definition) is 2. The molecule has 0 amide bonds. The summed E-state index contributed by atoms with van der Waals surface area (Å²) in [5, 5.41) is 0.758. The highest BCUT2D eigenvalue weighted by molar-refractivity contribution is 7.99. The maximum atomic E-state index is 5.92. The lowest BCUT2D eigenvalue weighted by Gasteiger charge is -2.12. The van der Waals surface area contributed by atoms with Crippen molar-refractivity contribution in [2.75, 3.05) is 12.4 Å². The third-order valence-electron chi connectivity index (χ3n) is 3.26. The Morgan fingerprint density at radius 1 is 1.05 bits per heavy atom. The van der Waals surface area contributed by atoms with Gasteiger partial charge in [-0.15, -0.1) is 0 Å². The Hall–Kier alpha value is -0.630. The maximum Gasteiger partial charge on any atom is 0.122 e. The SMILES string of the molecule is Cc1cc(C)c(C)c(OCCCCCSC(C)C)c1. The molecule has 19 heavy (non-hydrogen) atoms. The van der Waals surface area contributed by atoms with Crippen molar-refractivity contribution in [3.63, 3.8) is 0 Å². The summed E-state index contributed by atoms with van der Waals surface area (Å²) in [7, 11) is 0. The molecular weight excluding hydrogens is 252 g/mol. The largest absolute Gasteiger partial charge is 0.493 e. The lowest BCUT2D eigenvalue weighted by Crippen LogP contribution is -2.01. The Balaban J connectivity index is 2.23. The molecule has 0 N–H and O–H groups in total. The molecule has 108 valence electrons. The normalized spacial score (nSPS) is 11.1. The van der Waals surface area contributed by atoms with Crippen molar-refractivity contribution in [2.24, 2.45) is 0 Å². The van der Waals surface area contributed by atoms with Crippen LogP contribution in [-0.4, -0.2) is 17.6 Å². The van der Waals surface area contributed by atoms with Crippen LogP contribution in [0.15, 0.2) is 12.1 Å². The monoisotopic (exact) mass is 280 g/mol. The first-order chi connectivity index (χ1) is 9.00. The number of benzene rings is 1. The van der Waals surface area contributed by atoms with Crippen LogP contribution in [0.4, 0.5) is 0 Å². The van der Waals surface area contributed by atoms with Gasteiger partial charge in [-0.25, -0.2) is 0 Å². The minimum Gasteiger partial charge on any atom is -0.493 e. The van der Waals surface area contributed by atoms with Crippen molar-refractivity contribution < 1.29 is 4.74 Å². The quantitative estimate of drug-likeness (QED) is 0.597. The molecule has 0 bridgehead atoms. The average molecular weight is 280 g/mol. The Morgan fingerprint density at radius 3 is 2.47 bits per heavy atom. The molecule has 0 heterocycles. The van der Waals surface area contributed by atoms with E-state index in [1.54, 1.807) is 0 Å². The highest BCUT2D eigenvalue weighted by atomic mass is 32.2. The first-order valence-electron chi connectivity index (χ1n) is 7.33. The molecule has 0 aliphatic carbocycles. The molecule has 0 aromatic heterocycles. The van der Waals surface area contributed by atoms with Gasteiger partial charge >= 0.3 is 0 Å². The van der Waals surface area contributed by atoms with Gasteiger partial charge in [-0.1, -0.05) is 19.9 Å². The maximum absolute atomic E-state index is 5.92. The summed E-state index contributed by atoms with van der Waals surface area (Å²) in [5.74, 6) is 2.34. The second-order valence-corrected chi connectivity index (χ2v) is 7.22. The van der Waals surface area contributed by atoms with Crippen LogP contribution in [0.3, 0.4) is 0 Å². The molecule has 0 aliphatic rings. The molecule has 1 rings (SSSR count). The summed E-state index contributed by atoms with van der Waals surface area (Å²) in [6.07, 6.45) is 3.73. The van der Waals surface area contributed by atoms with Gasteiger partial charge in [-0.05, 0) is 73.8 Å². The predicted octanol–water partition coefficient (Wildman–Crippen LogP) is 5.30. The fraction of sp³-hybridized carbons (Fsp3) is 0.647. The lowest BCUT2D eigenvalue weighted by atomic mass is 10.1. The second kappa shape index (κ2) is 8.52. The number of rotatable bonds is 8. The fourth-order valence-corrected chi connectivity index (χ4v) is 2.87. The first-order valence-corrected chi connectivity index (χ1v) is 8.38. The lowest BCUT2D eigenvalue weighted by molar-refractivity contribution is 0.304. The van der Waals surface area contributed by atoms with Crippen LogP contribution in [0.25, 0.3) is 0 Å². The van der Waals surface area contributed by atoms with Crippen molar-refractivity contribution >= 4 is 11.8 Å². The van der Waals surface area contributed by atoms with Gasteiger partial charge in [0, 0.05) is 0 Å². The van der Waals surface area contributed by atoms with Crippen molar-refractivity contribution in [3.8, 4) is 5.75 Å². The second-order valence-electron chi connectivity index (χ2n) is 5.53. The van der Waals surface area contributed by atoms with Gasteiger partial charge in [0.25, 0.3) is 0 Å². The van der Waals surface area contributed by atoms with Crippen molar-refractivity contribution in [2.45, 2.75) is 59.1 Å². The van der Waals surface area contributed by atoms with E-state index in [4.69, 9.17) is 4.74 Å². The van der Waals surface area contributed by atoms with Gasteiger partial charge in [-0.3, -0.25) is 0 Å². The zero-order valence-electron chi connectivity index (χ0n) is 13.1. The zero-order chi connectivity index (χ0) is 14.3. The van der Waals surface area contributed by atoms with Crippen molar-refractivity contribution in [1.29, 1.82) is 0 Å². The summed E-state index contributed by atoms with van der Waals surface area (Å²) in [5.41, 5.74) is 3.88. The van der Waals surface area contributed by atoms with Crippen LogP contribution < -0.4 is 4.74 Å². The molecule has 2 heteroatoms. The third-order valence-corrected chi connectivity index (χ3v) is 4.45. The number of thioether (sulfide) groups is 1. The van der Waals surface area contributed by atoms with E-state index in [1.807, 2.05) is 0 Å². The Labute approximate surface area is 123 Å². The van der Waals surface area contributed by atoms with E-state index in [2.05, 4.69) is 58.5 Å². The molecule has 1 aromatic rings. The third kappa shape index (κ3) is 6.38. The first kappa shape index (κ1) is 16.4. The summed E-state index contributed by atoms with van der Waals surface area (Å²) >= 11 is 2.05. The Bertz CT molecular complexity index is 385. The van der Waals surface area contributed by atoms with Crippen LogP contribution in [0, 0.1) is 20.8 Å². The number of hydrogen-bond donors (Lipinski definition) is 0. The number of aryl methyl sites for hydroxylation is 2. The average Bonchev–Trinajstić information content (AvgIpc) is 2.33. The summed E-state index contributed by atoms with van der Waals surface area (Å²) in [6, 6.07) is 4.36. The van der Waals surface area contributed by atoms with E-state index in [1.165, 1.54) is 35.3 Å². The Morgan fingerprint density at radius 2 is 1.79 bits per heavy atom. The van der Waals surface area contributed by atoms with Gasteiger partial charge in [-0.2, -0.15) is 11.8 Å². The number of unbranched alkanes of at least 4 members (excludes halogenated alkanes) is 2. The van der Waals surface area contributed by atoms with E-state index in [-0.39, 0.29) is 0 Å². The van der Waals surface area contributed by atoms with Crippen LogP contribution in [0.1, 0.15) is 49.8 Å². The minimum atomic E-state index is 0.758. The molecule has 1 aromatic carbocycles. The van der Waals surface area contributed by atoms with Gasteiger partial charge < -0.3 is 4.74 Å². The van der Waals surface area contributed by atoms with Gasteiger partial charge in [0.1, 0.15) is 5.75 Å². The van der Waals surface area contributed by atoms with E-state index < -0.39 is 0 Å². The number of ether oxygens (including phenoxy) is 1. The molecular formula is C17H28OS. The fourth-order valence-electron chi connectivity index (χ4n) is 2.03. The molecule has 0 radical (unpaired) electrons. The molecule has 0 saturated heterocycles. The van der Waals surface area contributed by atoms with Crippen LogP contribution >= 0.6 is 11.8 Å². The van der Waals surface area contributed by atoms with E-state index in [0.29, 0.717) is 0 Å². The highest BCUT2D eigenvalue weighted by Crippen LogP contribution is 2.23. The van der Waals surface area contributed by atoms with Crippen LogP contribution in [-0.2, 0) is 0 Å². The van der Waals surface area contributed by atoms with Crippen molar-refractivity contribution in [1.82, 2.24) is 0 Å². The molecule has 0 unspecified atom stereocenters. The van der Waals surface area contributed by atoms with Gasteiger partial charge in [0.2, 0.25) is 0 Å². The molecule has 0 spiro atoms. The van der Waals surface area contributed by atoms with Gasteiger partial charge in [0.05, 0.1) is 6.61 Å². The molecule has 0 fully saturated rings. The van der Waals surface area contributed by atoms with E-state index in [0.717, 1.165) is 24.0 Å². The van der Waals surface area contributed by atoms with Crippen LogP contribution in [0.5, 0.6) is 5.75 Å². The molecule has 0 atom stereocenters. The molecule has 0 aliphatic heterocycles. The van der Waals surface area contributed by atoms with E-state index >= 15 is 0 Å². The van der Waals surface area contributed by atoms with Gasteiger partial charge in [0.15, 0.2) is 0 Å². The molecule has 1 nitrogen and oxygen atoms in total. The van der Waals surface area contributed by atoms with Crippen LogP contribution in [0.2, 0.25) is 0 Å². The Kier molecular flexibility index (Phi) is 7.37. The summed E-state index contributed by atoms with van der Waals surface area (Å²) in [4.78, 5) is 0. The minimum absolute atomic E-state index is 0.758. The van der Waals surface area contributed by atoms with Crippen molar-refractivity contribution in [3.05, 3.63) is 28.8 Å². The highest BCUT2D eigenvalue weighted by Gasteiger charge is 2.03. The molecule has 0 saturated carbocycles. The smallest absolute Gasteiger partial charge is 0.122 e. The topological polar surface area (TPSA) is 9.23 Å². The zero-order valence-corrected chi connectivity index (χ0v) is 13.9. The summed E-state index contributed by atoms with van der Waals surface area (Å²) in [6.45, 7) is 11.8. The standard InChI is InChI=1S/C17H28OS/c1-13(2)19-10-8-6-7-9-18-17-12-14(3)11-15(4)16(17)5/h11-13H,6-10H2,1-5H3. The van der Waals surface area contributed by atoms with E-state index in [9.17, 15) is 0 Å². The predicted molar refractivity (Wildman–Crippen MR) is 87.6 cm³/mol.